The quantitative estimate of drug-likeness (QED) is 0.424. The van der Waals surface area contributed by atoms with Gasteiger partial charge >= 0.3 is 5.97 Å². The molecule has 0 aromatic carbocycles. The molecule has 0 unspecified atom stereocenters. The summed E-state index contributed by atoms with van der Waals surface area (Å²) >= 11 is 16.8. The van der Waals surface area contributed by atoms with Crippen LogP contribution in [0.2, 0.25) is 0 Å². The lowest BCUT2D eigenvalue weighted by Gasteiger charge is -2.31. The predicted molar refractivity (Wildman–Crippen MR) is 55.3 cm³/mol. The van der Waals surface area contributed by atoms with Crippen LogP contribution in [-0.4, -0.2) is 15.4 Å². The average molecular weight is 246 g/mol. The molecule has 0 saturated carbocycles. The normalized spacial score (nSPS) is 12.5. The van der Waals surface area contributed by atoms with Crippen LogP contribution >= 0.6 is 34.8 Å². The van der Waals surface area contributed by atoms with Crippen molar-refractivity contribution in [3.8, 4) is 0 Å². The smallest absolute Gasteiger partial charge is 0.333 e. The highest BCUT2D eigenvalue weighted by Gasteiger charge is 2.44. The molecule has 2 nitrogen and oxygen atoms in total. The lowest BCUT2D eigenvalue weighted by atomic mass is 10.1. The minimum absolute atomic E-state index is 0.266. The van der Waals surface area contributed by atoms with Crippen molar-refractivity contribution < 1.29 is 9.53 Å². The van der Waals surface area contributed by atoms with Gasteiger partial charge in [-0.25, -0.2) is 4.79 Å². The zero-order valence-electron chi connectivity index (χ0n) is 7.66. The molecular formula is C8H11Cl3O2. The zero-order valence-corrected chi connectivity index (χ0v) is 9.93. The predicted octanol–water partition coefficient (Wildman–Crippen LogP) is 3.25. The highest BCUT2D eigenvalue weighted by atomic mass is 35.6. The maximum Gasteiger partial charge on any atom is 0.333 e. The fourth-order valence-corrected chi connectivity index (χ4v) is 0.492. The van der Waals surface area contributed by atoms with Crippen LogP contribution in [0.4, 0.5) is 0 Å². The number of rotatable bonds is 2. The lowest BCUT2D eigenvalue weighted by Crippen LogP contribution is -2.41. The summed E-state index contributed by atoms with van der Waals surface area (Å²) in [4.78, 5) is 11.1. The molecule has 0 amide bonds. The number of carbonyl (C=O) groups excluding carboxylic acids is 1. The van der Waals surface area contributed by atoms with E-state index < -0.39 is 15.4 Å². The van der Waals surface area contributed by atoms with Crippen molar-refractivity contribution in [2.45, 2.75) is 30.2 Å². The summed E-state index contributed by atoms with van der Waals surface area (Å²) in [5, 5.41) is 0. The van der Waals surface area contributed by atoms with Crippen LogP contribution in [0.1, 0.15) is 20.8 Å². The van der Waals surface area contributed by atoms with Gasteiger partial charge < -0.3 is 4.74 Å². The first-order valence-corrected chi connectivity index (χ1v) is 4.67. The van der Waals surface area contributed by atoms with Gasteiger partial charge in [-0.05, 0) is 20.8 Å². The van der Waals surface area contributed by atoms with E-state index in [9.17, 15) is 4.79 Å². The molecule has 5 heteroatoms. The van der Waals surface area contributed by atoms with Crippen molar-refractivity contribution in [1.29, 1.82) is 0 Å². The molecule has 0 spiro atoms. The van der Waals surface area contributed by atoms with Gasteiger partial charge in [0, 0.05) is 5.57 Å². The minimum atomic E-state index is -1.65. The average Bonchev–Trinajstić information content (AvgIpc) is 1.83. The molecule has 0 rings (SSSR count). The molecule has 0 fully saturated rings. The van der Waals surface area contributed by atoms with Gasteiger partial charge in [-0.2, -0.15) is 0 Å². The number of halogens is 3. The molecule has 13 heavy (non-hydrogen) atoms. The number of alkyl halides is 3. The molecule has 0 aliphatic heterocycles. The van der Waals surface area contributed by atoms with Crippen molar-refractivity contribution in [3.63, 3.8) is 0 Å². The molecule has 76 valence electrons. The molecule has 0 bridgehead atoms. The molecule has 0 saturated heterocycles. The van der Waals surface area contributed by atoms with Gasteiger partial charge in [0.05, 0.1) is 0 Å². The van der Waals surface area contributed by atoms with Gasteiger partial charge in [-0.1, -0.05) is 41.4 Å². The van der Waals surface area contributed by atoms with Gasteiger partial charge in [0.2, 0.25) is 3.79 Å². The van der Waals surface area contributed by atoms with Crippen LogP contribution in [0.3, 0.4) is 0 Å². The minimum Gasteiger partial charge on any atom is -0.452 e. The Balaban J connectivity index is 4.53. The second-order valence-corrected chi connectivity index (χ2v) is 5.46. The second-order valence-electron chi connectivity index (χ2n) is 3.18. The van der Waals surface area contributed by atoms with Crippen molar-refractivity contribution in [2.24, 2.45) is 0 Å². The largest absolute Gasteiger partial charge is 0.452 e. The number of hydrogen-bond donors (Lipinski definition) is 0. The van der Waals surface area contributed by atoms with Gasteiger partial charge in [-0.3, -0.25) is 0 Å². The maximum atomic E-state index is 11.1. The maximum absolute atomic E-state index is 11.1. The fraction of sp³-hybridized carbons (Fsp3) is 0.625. The summed E-state index contributed by atoms with van der Waals surface area (Å²) in [6, 6.07) is 0. The van der Waals surface area contributed by atoms with E-state index in [1.807, 2.05) is 0 Å². The number of carbonyl (C=O) groups is 1. The van der Waals surface area contributed by atoms with E-state index in [0.717, 1.165) is 0 Å². The molecule has 0 aliphatic rings. The van der Waals surface area contributed by atoms with Crippen molar-refractivity contribution in [3.05, 3.63) is 12.2 Å². The van der Waals surface area contributed by atoms with E-state index in [0.29, 0.717) is 0 Å². The Hall–Kier alpha value is 0.0800. The Labute approximate surface area is 92.8 Å². The number of esters is 1. The topological polar surface area (TPSA) is 26.3 Å². The van der Waals surface area contributed by atoms with Gasteiger partial charge in [0.1, 0.15) is 0 Å². The van der Waals surface area contributed by atoms with E-state index >= 15 is 0 Å². The second kappa shape index (κ2) is 4.07. The highest BCUT2D eigenvalue weighted by Crippen LogP contribution is 2.40. The van der Waals surface area contributed by atoms with Crippen LogP contribution in [0.5, 0.6) is 0 Å². The first-order chi connectivity index (χ1) is 5.58. The van der Waals surface area contributed by atoms with Crippen LogP contribution in [0.15, 0.2) is 12.2 Å². The molecule has 0 aromatic rings. The van der Waals surface area contributed by atoms with Gasteiger partial charge in [0.25, 0.3) is 0 Å². The fourth-order valence-electron chi connectivity index (χ4n) is 0.377. The summed E-state index contributed by atoms with van der Waals surface area (Å²) in [5.74, 6) is -0.573. The molecule has 0 aromatic heterocycles. The first-order valence-electron chi connectivity index (χ1n) is 3.53. The first kappa shape index (κ1) is 13.1. The standard InChI is InChI=1S/C8H11Cl3O2/c1-5(2)6(12)13-7(3,4)8(9,10)11/h1H2,2-4H3. The molecule has 0 heterocycles. The monoisotopic (exact) mass is 244 g/mol. The molecular weight excluding hydrogens is 234 g/mol. The summed E-state index contributed by atoms with van der Waals surface area (Å²) in [5.41, 5.74) is -0.907. The third-order valence-electron chi connectivity index (χ3n) is 1.38. The molecule has 0 radical (unpaired) electrons. The summed E-state index contributed by atoms with van der Waals surface area (Å²) in [7, 11) is 0. The number of hydrogen-bond acceptors (Lipinski definition) is 2. The summed E-state index contributed by atoms with van der Waals surface area (Å²) in [6.45, 7) is 7.97. The Kier molecular flexibility index (Phi) is 4.10. The molecule has 0 aliphatic carbocycles. The Morgan fingerprint density at radius 3 is 1.92 bits per heavy atom. The van der Waals surface area contributed by atoms with Crippen LogP contribution in [0, 0.1) is 0 Å². The van der Waals surface area contributed by atoms with Crippen molar-refractivity contribution in [2.75, 3.05) is 0 Å². The lowest BCUT2D eigenvalue weighted by molar-refractivity contribution is -0.151. The Morgan fingerprint density at radius 1 is 1.31 bits per heavy atom. The summed E-state index contributed by atoms with van der Waals surface area (Å²) in [6.07, 6.45) is 0. The van der Waals surface area contributed by atoms with Crippen LogP contribution < -0.4 is 0 Å². The van der Waals surface area contributed by atoms with E-state index in [1.165, 1.54) is 20.8 Å². The Morgan fingerprint density at radius 2 is 1.69 bits per heavy atom. The van der Waals surface area contributed by atoms with Crippen molar-refractivity contribution >= 4 is 40.8 Å². The van der Waals surface area contributed by atoms with Gasteiger partial charge in [0.15, 0.2) is 5.60 Å². The van der Waals surface area contributed by atoms with Crippen LogP contribution in [0.25, 0.3) is 0 Å². The molecule has 0 N–H and O–H groups in total. The SMILES string of the molecule is C=C(C)C(=O)OC(C)(C)C(Cl)(Cl)Cl. The van der Waals surface area contributed by atoms with Crippen molar-refractivity contribution in [1.82, 2.24) is 0 Å². The van der Waals surface area contributed by atoms with Crippen LogP contribution in [-0.2, 0) is 9.53 Å². The Bertz CT molecular complexity index is 228. The number of ether oxygens (including phenoxy) is 1. The summed E-state index contributed by atoms with van der Waals surface area (Å²) < 4.78 is 3.27. The molecule has 0 atom stereocenters. The third kappa shape index (κ3) is 3.75. The zero-order chi connectivity index (χ0) is 10.9. The third-order valence-corrected chi connectivity index (χ3v) is 2.74. The van der Waals surface area contributed by atoms with Gasteiger partial charge in [-0.15, -0.1) is 0 Å². The van der Waals surface area contributed by atoms with E-state index in [4.69, 9.17) is 39.5 Å². The highest BCUT2D eigenvalue weighted by molar-refractivity contribution is 6.68. The van der Waals surface area contributed by atoms with E-state index in [-0.39, 0.29) is 5.57 Å². The van der Waals surface area contributed by atoms with E-state index in [2.05, 4.69) is 6.58 Å². The van der Waals surface area contributed by atoms with E-state index in [1.54, 1.807) is 0 Å².